The first kappa shape index (κ1) is 13.4. The molecule has 0 bridgehead atoms. The Bertz CT molecular complexity index is 459. The van der Waals surface area contributed by atoms with Gasteiger partial charge in [0, 0.05) is 24.7 Å². The van der Waals surface area contributed by atoms with Crippen LogP contribution in [0.25, 0.3) is 0 Å². The zero-order valence-corrected chi connectivity index (χ0v) is 11.3. The second kappa shape index (κ2) is 5.73. The normalized spacial score (nSPS) is 15.8. The van der Waals surface area contributed by atoms with Gasteiger partial charge < -0.3 is 0 Å². The van der Waals surface area contributed by atoms with Gasteiger partial charge >= 0.3 is 6.03 Å². The lowest BCUT2D eigenvalue weighted by Crippen LogP contribution is -2.57. The van der Waals surface area contributed by atoms with Crippen LogP contribution in [0, 0.1) is 5.92 Å². The summed E-state index contributed by atoms with van der Waals surface area (Å²) in [4.78, 5) is 25.7. The summed E-state index contributed by atoms with van der Waals surface area (Å²) < 4.78 is 0. The van der Waals surface area contributed by atoms with E-state index >= 15 is 0 Å². The maximum atomic E-state index is 12.3. The summed E-state index contributed by atoms with van der Waals surface area (Å²) >= 11 is 0. The van der Waals surface area contributed by atoms with Gasteiger partial charge in [-0.05, 0) is 18.6 Å². The summed E-state index contributed by atoms with van der Waals surface area (Å²) in [7, 11) is 0. The van der Waals surface area contributed by atoms with Crippen LogP contribution in [-0.4, -0.2) is 30.0 Å². The Kier molecular flexibility index (Phi) is 4.04. The van der Waals surface area contributed by atoms with Gasteiger partial charge in [-0.1, -0.05) is 32.0 Å². The lowest BCUT2D eigenvalue weighted by molar-refractivity contribution is -0.127. The van der Waals surface area contributed by atoms with Crippen LogP contribution in [0.4, 0.5) is 10.5 Å². The summed E-state index contributed by atoms with van der Waals surface area (Å²) in [5.74, 6) is -0.275. The van der Waals surface area contributed by atoms with Crippen molar-refractivity contribution in [2.24, 2.45) is 5.92 Å². The Morgan fingerprint density at radius 2 is 1.89 bits per heavy atom. The van der Waals surface area contributed by atoms with Gasteiger partial charge in [-0.2, -0.15) is 0 Å². The van der Waals surface area contributed by atoms with Crippen LogP contribution < -0.4 is 10.3 Å². The van der Waals surface area contributed by atoms with E-state index in [1.807, 2.05) is 30.3 Å². The molecule has 0 aliphatic carbocycles. The molecule has 2 rings (SSSR count). The van der Waals surface area contributed by atoms with Crippen molar-refractivity contribution in [2.75, 3.05) is 18.0 Å². The number of hydrogen-bond acceptors (Lipinski definition) is 2. The molecule has 0 radical (unpaired) electrons. The SMILES string of the molecule is CC(C)C(=O)NN1CCCN(c2ccccc2)C1=O. The van der Waals surface area contributed by atoms with E-state index in [2.05, 4.69) is 5.43 Å². The van der Waals surface area contributed by atoms with Crippen LogP contribution in [0.15, 0.2) is 30.3 Å². The molecule has 19 heavy (non-hydrogen) atoms. The molecule has 1 aliphatic heterocycles. The number of hydrazine groups is 1. The number of hydrogen-bond donors (Lipinski definition) is 1. The van der Waals surface area contributed by atoms with Crippen LogP contribution >= 0.6 is 0 Å². The van der Waals surface area contributed by atoms with E-state index in [0.717, 1.165) is 12.1 Å². The predicted molar refractivity (Wildman–Crippen MR) is 73.5 cm³/mol. The molecule has 3 amide bonds. The molecule has 1 aliphatic rings. The Morgan fingerprint density at radius 3 is 2.53 bits per heavy atom. The van der Waals surface area contributed by atoms with Crippen molar-refractivity contribution < 1.29 is 9.59 Å². The molecule has 0 aromatic heterocycles. The van der Waals surface area contributed by atoms with Crippen molar-refractivity contribution >= 4 is 17.6 Å². The van der Waals surface area contributed by atoms with Crippen molar-refractivity contribution in [3.8, 4) is 0 Å². The summed E-state index contributed by atoms with van der Waals surface area (Å²) in [5.41, 5.74) is 3.53. The van der Waals surface area contributed by atoms with Crippen molar-refractivity contribution in [3.05, 3.63) is 30.3 Å². The number of amides is 3. The third-order valence-electron chi connectivity index (χ3n) is 3.06. The van der Waals surface area contributed by atoms with E-state index in [4.69, 9.17) is 0 Å². The second-order valence-corrected chi connectivity index (χ2v) is 4.91. The number of rotatable bonds is 3. The number of benzene rings is 1. The first-order valence-corrected chi connectivity index (χ1v) is 6.54. The highest BCUT2D eigenvalue weighted by atomic mass is 16.2. The van der Waals surface area contributed by atoms with Gasteiger partial charge in [-0.25, -0.2) is 9.80 Å². The van der Waals surface area contributed by atoms with Gasteiger partial charge in [-0.15, -0.1) is 0 Å². The minimum Gasteiger partial charge on any atom is -0.293 e. The highest BCUT2D eigenvalue weighted by Crippen LogP contribution is 2.18. The number of anilines is 1. The predicted octanol–water partition coefficient (Wildman–Crippen LogP) is 2.01. The largest absolute Gasteiger partial charge is 0.343 e. The van der Waals surface area contributed by atoms with Gasteiger partial charge in [0.1, 0.15) is 0 Å². The highest BCUT2D eigenvalue weighted by Gasteiger charge is 2.28. The molecule has 0 saturated carbocycles. The number of urea groups is 1. The van der Waals surface area contributed by atoms with Crippen LogP contribution in [0.5, 0.6) is 0 Å². The Balaban J connectivity index is 2.09. The first-order valence-electron chi connectivity index (χ1n) is 6.54. The Morgan fingerprint density at radius 1 is 1.21 bits per heavy atom. The van der Waals surface area contributed by atoms with Crippen LogP contribution in [0.1, 0.15) is 20.3 Å². The summed E-state index contributed by atoms with van der Waals surface area (Å²) in [6.07, 6.45) is 0.832. The van der Waals surface area contributed by atoms with Crippen molar-refractivity contribution in [2.45, 2.75) is 20.3 Å². The maximum absolute atomic E-state index is 12.3. The fourth-order valence-corrected chi connectivity index (χ4v) is 1.94. The standard InChI is InChI=1S/C14H19N3O2/c1-11(2)13(18)15-17-10-6-9-16(14(17)19)12-7-4-3-5-8-12/h3-5,7-8,11H,6,9-10H2,1-2H3,(H,15,18). The lowest BCUT2D eigenvalue weighted by atomic mass is 10.2. The molecule has 5 nitrogen and oxygen atoms in total. The minimum atomic E-state index is -0.175. The van der Waals surface area contributed by atoms with E-state index in [1.54, 1.807) is 18.7 Å². The van der Waals surface area contributed by atoms with Crippen LogP contribution in [-0.2, 0) is 4.79 Å². The number of carbonyl (C=O) groups excluding carboxylic acids is 2. The molecule has 1 N–H and O–H groups in total. The number of nitrogens with zero attached hydrogens (tertiary/aromatic N) is 2. The van der Waals surface area contributed by atoms with E-state index in [9.17, 15) is 9.59 Å². The molecule has 1 saturated heterocycles. The molecule has 1 fully saturated rings. The summed E-state index contributed by atoms with van der Waals surface area (Å²) in [6.45, 7) is 4.84. The van der Waals surface area contributed by atoms with E-state index < -0.39 is 0 Å². The Labute approximate surface area is 113 Å². The van der Waals surface area contributed by atoms with Crippen LogP contribution in [0.2, 0.25) is 0 Å². The van der Waals surface area contributed by atoms with E-state index in [0.29, 0.717) is 13.1 Å². The van der Waals surface area contributed by atoms with Crippen molar-refractivity contribution in [1.82, 2.24) is 10.4 Å². The lowest BCUT2D eigenvalue weighted by Gasteiger charge is -2.35. The Hall–Kier alpha value is -2.04. The molecule has 0 atom stereocenters. The zero-order valence-electron chi connectivity index (χ0n) is 11.3. The van der Waals surface area contributed by atoms with Gasteiger partial charge in [0.05, 0.1) is 0 Å². The highest BCUT2D eigenvalue weighted by molar-refractivity contribution is 5.94. The molecule has 1 heterocycles. The monoisotopic (exact) mass is 261 g/mol. The fourth-order valence-electron chi connectivity index (χ4n) is 1.94. The second-order valence-electron chi connectivity index (χ2n) is 4.91. The fraction of sp³-hybridized carbons (Fsp3) is 0.429. The number of nitrogens with one attached hydrogen (secondary N) is 1. The van der Waals surface area contributed by atoms with E-state index in [1.165, 1.54) is 5.01 Å². The molecule has 1 aromatic carbocycles. The van der Waals surface area contributed by atoms with E-state index in [-0.39, 0.29) is 17.9 Å². The maximum Gasteiger partial charge on any atom is 0.343 e. The quantitative estimate of drug-likeness (QED) is 0.904. The molecule has 0 unspecified atom stereocenters. The number of carbonyl (C=O) groups is 2. The molecule has 0 spiro atoms. The average Bonchev–Trinajstić information content (AvgIpc) is 2.42. The van der Waals surface area contributed by atoms with Gasteiger partial charge in [-0.3, -0.25) is 15.1 Å². The van der Waals surface area contributed by atoms with Gasteiger partial charge in [0.25, 0.3) is 0 Å². The number of para-hydroxylation sites is 1. The smallest absolute Gasteiger partial charge is 0.293 e. The van der Waals surface area contributed by atoms with Crippen molar-refractivity contribution in [3.63, 3.8) is 0 Å². The van der Waals surface area contributed by atoms with Crippen LogP contribution in [0.3, 0.4) is 0 Å². The van der Waals surface area contributed by atoms with Gasteiger partial charge in [0.2, 0.25) is 5.91 Å². The zero-order chi connectivity index (χ0) is 13.8. The molecular weight excluding hydrogens is 242 g/mol. The summed E-state index contributed by atoms with van der Waals surface area (Å²) in [6, 6.07) is 9.32. The van der Waals surface area contributed by atoms with Crippen molar-refractivity contribution in [1.29, 1.82) is 0 Å². The molecular formula is C14H19N3O2. The molecule has 5 heteroatoms. The molecule has 102 valence electrons. The van der Waals surface area contributed by atoms with Gasteiger partial charge in [0.15, 0.2) is 0 Å². The average molecular weight is 261 g/mol. The molecule has 1 aromatic rings. The summed E-state index contributed by atoms with van der Waals surface area (Å²) in [5, 5.41) is 1.40. The minimum absolute atomic E-state index is 0.136. The third kappa shape index (κ3) is 3.05. The third-order valence-corrected chi connectivity index (χ3v) is 3.06. The topological polar surface area (TPSA) is 52.7 Å². The first-order chi connectivity index (χ1) is 9.09.